The average molecular weight is 348 g/mol. The third kappa shape index (κ3) is 4.56. The summed E-state index contributed by atoms with van der Waals surface area (Å²) in [5, 5.41) is 3.45. The van der Waals surface area contributed by atoms with Gasteiger partial charge >= 0.3 is 0 Å². The zero-order chi connectivity index (χ0) is 15.9. The van der Waals surface area contributed by atoms with E-state index < -0.39 is 0 Å². The summed E-state index contributed by atoms with van der Waals surface area (Å²) in [5.41, 5.74) is 3.46. The number of ether oxygens (including phenoxy) is 1. The van der Waals surface area contributed by atoms with Crippen LogP contribution in [-0.4, -0.2) is 33.7 Å². The largest absolute Gasteiger partial charge is 0.475 e. The molecule has 1 aliphatic rings. The van der Waals surface area contributed by atoms with Crippen molar-refractivity contribution in [1.82, 2.24) is 14.1 Å². The fourth-order valence-electron chi connectivity index (χ4n) is 2.53. The van der Waals surface area contributed by atoms with Crippen LogP contribution in [0.3, 0.4) is 0 Å². The van der Waals surface area contributed by atoms with Crippen molar-refractivity contribution < 1.29 is 4.74 Å². The topological polar surface area (TPSA) is 47.0 Å². The summed E-state index contributed by atoms with van der Waals surface area (Å²) in [7, 11) is 0. The van der Waals surface area contributed by atoms with E-state index in [0.29, 0.717) is 18.5 Å². The van der Waals surface area contributed by atoms with Gasteiger partial charge in [0, 0.05) is 17.5 Å². The summed E-state index contributed by atoms with van der Waals surface area (Å²) in [6, 6.07) is 10.8. The molecule has 0 bridgehead atoms. The fourth-order valence-corrected chi connectivity index (χ4v) is 3.82. The highest BCUT2D eigenvalue weighted by Gasteiger charge is 2.21. The lowest BCUT2D eigenvalue weighted by atomic mass is 10.0. The lowest BCUT2D eigenvalue weighted by Crippen LogP contribution is -2.31. The molecule has 1 aromatic carbocycles. The minimum absolute atomic E-state index is 0.308. The molecule has 23 heavy (non-hydrogen) atoms. The van der Waals surface area contributed by atoms with Crippen molar-refractivity contribution in [2.24, 2.45) is 0 Å². The summed E-state index contributed by atoms with van der Waals surface area (Å²) >= 11 is 3.10. The van der Waals surface area contributed by atoms with Crippen molar-refractivity contribution in [3.05, 3.63) is 47.7 Å². The molecule has 4 nitrogen and oxygen atoms in total. The number of rotatable bonds is 7. The molecule has 0 spiro atoms. The van der Waals surface area contributed by atoms with E-state index in [9.17, 15) is 0 Å². The Morgan fingerprint density at radius 2 is 2.17 bits per heavy atom. The molecular formula is C17H21N3OS2. The monoisotopic (exact) mass is 347 g/mol. The molecule has 0 fully saturated rings. The Kier molecular flexibility index (Phi) is 6.07. The minimum atomic E-state index is 0.308. The van der Waals surface area contributed by atoms with Gasteiger partial charge in [0.05, 0.1) is 18.3 Å². The second-order valence-corrected chi connectivity index (χ2v) is 7.06. The normalized spacial score (nSPS) is 17.8. The third-order valence-corrected chi connectivity index (χ3v) is 5.24. The molecule has 0 amide bonds. The summed E-state index contributed by atoms with van der Waals surface area (Å²) in [6.07, 6.45) is 3.28. The van der Waals surface area contributed by atoms with Gasteiger partial charge in [-0.15, -0.1) is 4.37 Å². The van der Waals surface area contributed by atoms with Crippen LogP contribution in [0.5, 0.6) is 5.88 Å². The van der Waals surface area contributed by atoms with Crippen molar-refractivity contribution in [2.45, 2.75) is 25.1 Å². The first kappa shape index (κ1) is 16.5. The van der Waals surface area contributed by atoms with E-state index in [1.807, 2.05) is 17.8 Å². The van der Waals surface area contributed by atoms with Crippen LogP contribution < -0.4 is 10.1 Å². The Bertz CT molecular complexity index is 642. The van der Waals surface area contributed by atoms with Crippen molar-refractivity contribution >= 4 is 29.1 Å². The van der Waals surface area contributed by atoms with Crippen molar-refractivity contribution in [3.8, 4) is 5.88 Å². The van der Waals surface area contributed by atoms with Crippen molar-refractivity contribution in [1.29, 1.82) is 0 Å². The highest BCUT2D eigenvalue weighted by molar-refractivity contribution is 7.98. The van der Waals surface area contributed by atoms with Crippen LogP contribution in [0.25, 0.3) is 5.57 Å². The molecule has 6 heteroatoms. The molecule has 2 heterocycles. The first-order valence-corrected chi connectivity index (χ1v) is 9.74. The number of nitrogens with zero attached hydrogens (tertiary/aromatic N) is 2. The number of benzene rings is 1. The van der Waals surface area contributed by atoms with Crippen LogP contribution >= 0.6 is 23.5 Å². The summed E-state index contributed by atoms with van der Waals surface area (Å²) in [5.74, 6) is 2.63. The molecule has 3 rings (SSSR count). The smallest absolute Gasteiger partial charge is 0.253 e. The van der Waals surface area contributed by atoms with Gasteiger partial charge in [-0.05, 0) is 31.0 Å². The lowest BCUT2D eigenvalue weighted by Gasteiger charge is -2.21. The van der Waals surface area contributed by atoms with Crippen LogP contribution in [-0.2, 0) is 5.75 Å². The average Bonchev–Trinajstić information content (AvgIpc) is 3.04. The Balaban J connectivity index is 1.48. The first-order valence-electron chi connectivity index (χ1n) is 7.85. The summed E-state index contributed by atoms with van der Waals surface area (Å²) < 4.78 is 14.6. The molecule has 122 valence electrons. The zero-order valence-electron chi connectivity index (χ0n) is 13.2. The van der Waals surface area contributed by atoms with E-state index in [1.165, 1.54) is 22.9 Å². The fraction of sp³-hybridized carbons (Fsp3) is 0.412. The molecule has 1 N–H and O–H groups in total. The Morgan fingerprint density at radius 3 is 3.00 bits per heavy atom. The van der Waals surface area contributed by atoms with Gasteiger partial charge in [-0.3, -0.25) is 0 Å². The first-order chi connectivity index (χ1) is 11.3. The molecule has 1 aliphatic heterocycles. The minimum Gasteiger partial charge on any atom is -0.475 e. The van der Waals surface area contributed by atoms with Crippen LogP contribution in [0.15, 0.2) is 36.4 Å². The molecule has 0 saturated carbocycles. The van der Waals surface area contributed by atoms with E-state index in [-0.39, 0.29) is 0 Å². The molecule has 0 saturated heterocycles. The van der Waals surface area contributed by atoms with Gasteiger partial charge in [0.25, 0.3) is 5.88 Å². The molecule has 1 atom stereocenters. The van der Waals surface area contributed by atoms with Gasteiger partial charge in [0.15, 0.2) is 0 Å². The van der Waals surface area contributed by atoms with Crippen LogP contribution in [0.4, 0.5) is 0 Å². The predicted octanol–water partition coefficient (Wildman–Crippen LogP) is 3.62. The van der Waals surface area contributed by atoms with E-state index in [0.717, 1.165) is 30.2 Å². The lowest BCUT2D eigenvalue weighted by molar-refractivity contribution is 0.332. The van der Waals surface area contributed by atoms with Crippen molar-refractivity contribution in [2.75, 3.05) is 18.9 Å². The number of thioether (sulfide) groups is 1. The van der Waals surface area contributed by atoms with E-state index in [1.54, 1.807) is 0 Å². The number of aromatic nitrogens is 2. The highest BCUT2D eigenvalue weighted by atomic mass is 32.2. The van der Waals surface area contributed by atoms with E-state index >= 15 is 0 Å². The van der Waals surface area contributed by atoms with E-state index in [4.69, 9.17) is 4.74 Å². The molecular weight excluding hydrogens is 326 g/mol. The Morgan fingerprint density at radius 1 is 1.30 bits per heavy atom. The van der Waals surface area contributed by atoms with Crippen LogP contribution in [0, 0.1) is 0 Å². The van der Waals surface area contributed by atoms with Gasteiger partial charge in [-0.25, -0.2) is 0 Å². The van der Waals surface area contributed by atoms with Gasteiger partial charge in [-0.2, -0.15) is 16.1 Å². The van der Waals surface area contributed by atoms with Crippen LogP contribution in [0.1, 0.15) is 24.6 Å². The molecule has 2 aromatic rings. The summed E-state index contributed by atoms with van der Waals surface area (Å²) in [4.78, 5) is 0. The molecule has 0 radical (unpaired) electrons. The SMILES string of the molecule is CC1NCCC=C1c1nsnc1OCCSCc1ccccc1. The Labute approximate surface area is 145 Å². The maximum Gasteiger partial charge on any atom is 0.253 e. The van der Waals surface area contributed by atoms with Gasteiger partial charge < -0.3 is 10.1 Å². The molecule has 1 aromatic heterocycles. The predicted molar refractivity (Wildman–Crippen MR) is 98.1 cm³/mol. The van der Waals surface area contributed by atoms with Gasteiger partial charge in [-0.1, -0.05) is 36.4 Å². The maximum absolute atomic E-state index is 5.86. The van der Waals surface area contributed by atoms with Crippen LogP contribution in [0.2, 0.25) is 0 Å². The molecule has 1 unspecified atom stereocenters. The summed E-state index contributed by atoms with van der Waals surface area (Å²) in [6.45, 7) is 3.84. The quantitative estimate of drug-likeness (QED) is 0.775. The highest BCUT2D eigenvalue weighted by Crippen LogP contribution is 2.28. The number of nitrogens with one attached hydrogen (secondary N) is 1. The second kappa shape index (κ2) is 8.47. The van der Waals surface area contributed by atoms with Gasteiger partial charge in [0.1, 0.15) is 5.69 Å². The van der Waals surface area contributed by atoms with Gasteiger partial charge in [0.2, 0.25) is 0 Å². The van der Waals surface area contributed by atoms with E-state index in [2.05, 4.69) is 51.3 Å². The zero-order valence-corrected chi connectivity index (χ0v) is 14.8. The molecule has 0 aliphatic carbocycles. The second-order valence-electron chi connectivity index (χ2n) is 5.43. The third-order valence-electron chi connectivity index (χ3n) is 3.74. The number of hydrogen-bond acceptors (Lipinski definition) is 6. The maximum atomic E-state index is 5.86. The number of hydrogen-bond donors (Lipinski definition) is 1. The Hall–Kier alpha value is -1.37. The standard InChI is InChI=1S/C17H21N3OS2/c1-13-15(8-5-9-18-13)16-17(20-23-19-16)21-10-11-22-12-14-6-3-2-4-7-14/h2-4,6-8,13,18H,5,9-12H2,1H3. The van der Waals surface area contributed by atoms with Crippen molar-refractivity contribution in [3.63, 3.8) is 0 Å².